The van der Waals surface area contributed by atoms with E-state index >= 15 is 0 Å². The maximum atomic E-state index is 13.3. The molecule has 31 heavy (non-hydrogen) atoms. The van der Waals surface area contributed by atoms with Crippen LogP contribution in [0.15, 0.2) is 65.8 Å². The third-order valence-corrected chi connectivity index (χ3v) is 4.77. The van der Waals surface area contributed by atoms with Gasteiger partial charge in [-0.2, -0.15) is 5.10 Å². The molecular formula is C24H22ClFN2O3. The standard InChI is InChI=1S/C24H22ClFN2O3/c1-3-30-23-12-17(8-10-22(23)31-15-18-5-4-6-20(26)11-18)14-27-28-24(29)19-9-7-16(2)21(25)13-19/h4-14H,3,15H2,1-2H3,(H,28,29)/b27-14-. The van der Waals surface area contributed by atoms with Gasteiger partial charge in [-0.15, -0.1) is 0 Å². The molecule has 0 aliphatic carbocycles. The molecule has 5 nitrogen and oxygen atoms in total. The molecule has 3 rings (SSSR count). The number of halogens is 2. The van der Waals surface area contributed by atoms with Crippen molar-refractivity contribution in [3.63, 3.8) is 0 Å². The Labute approximate surface area is 185 Å². The first-order valence-corrected chi connectivity index (χ1v) is 10.1. The average molecular weight is 441 g/mol. The summed E-state index contributed by atoms with van der Waals surface area (Å²) in [6.07, 6.45) is 1.51. The Balaban J connectivity index is 1.66. The van der Waals surface area contributed by atoms with E-state index < -0.39 is 0 Å². The first-order chi connectivity index (χ1) is 15.0. The third-order valence-electron chi connectivity index (χ3n) is 4.36. The van der Waals surface area contributed by atoms with Crippen molar-refractivity contribution in [2.24, 2.45) is 5.10 Å². The van der Waals surface area contributed by atoms with Gasteiger partial charge in [-0.3, -0.25) is 4.79 Å². The first-order valence-electron chi connectivity index (χ1n) is 9.70. The van der Waals surface area contributed by atoms with E-state index in [1.54, 1.807) is 48.5 Å². The minimum absolute atomic E-state index is 0.209. The fraction of sp³-hybridized carbons (Fsp3) is 0.167. The number of carbonyl (C=O) groups excluding carboxylic acids is 1. The normalized spacial score (nSPS) is 10.8. The number of ether oxygens (including phenoxy) is 2. The number of amides is 1. The van der Waals surface area contributed by atoms with E-state index in [0.717, 1.165) is 5.56 Å². The summed E-state index contributed by atoms with van der Waals surface area (Å²) in [5.74, 6) is 0.381. The number of benzene rings is 3. The van der Waals surface area contributed by atoms with Crippen molar-refractivity contribution in [2.45, 2.75) is 20.5 Å². The zero-order valence-corrected chi connectivity index (χ0v) is 17.9. The predicted molar refractivity (Wildman–Crippen MR) is 120 cm³/mol. The zero-order chi connectivity index (χ0) is 22.2. The first kappa shape index (κ1) is 22.3. The largest absolute Gasteiger partial charge is 0.490 e. The smallest absolute Gasteiger partial charge is 0.271 e. The lowest BCUT2D eigenvalue weighted by atomic mass is 10.1. The fourth-order valence-electron chi connectivity index (χ4n) is 2.74. The van der Waals surface area contributed by atoms with Gasteiger partial charge in [0, 0.05) is 10.6 Å². The van der Waals surface area contributed by atoms with E-state index in [1.807, 2.05) is 13.8 Å². The van der Waals surface area contributed by atoms with E-state index in [4.69, 9.17) is 21.1 Å². The lowest BCUT2D eigenvalue weighted by Crippen LogP contribution is -2.17. The second-order valence-electron chi connectivity index (χ2n) is 6.72. The zero-order valence-electron chi connectivity index (χ0n) is 17.2. The van der Waals surface area contributed by atoms with Crippen LogP contribution in [0.25, 0.3) is 0 Å². The molecule has 0 atom stereocenters. The monoisotopic (exact) mass is 440 g/mol. The van der Waals surface area contributed by atoms with E-state index in [1.165, 1.54) is 18.3 Å². The Kier molecular flexibility index (Phi) is 7.62. The highest BCUT2D eigenvalue weighted by molar-refractivity contribution is 6.31. The Morgan fingerprint density at radius 1 is 1.10 bits per heavy atom. The summed E-state index contributed by atoms with van der Waals surface area (Å²) in [6.45, 7) is 4.38. The molecule has 0 bridgehead atoms. The molecule has 3 aromatic carbocycles. The molecule has 0 spiro atoms. The highest BCUT2D eigenvalue weighted by atomic mass is 35.5. The van der Waals surface area contributed by atoms with Gasteiger partial charge in [-0.25, -0.2) is 9.82 Å². The molecule has 3 aromatic rings. The van der Waals surface area contributed by atoms with Crippen LogP contribution in [0.2, 0.25) is 5.02 Å². The van der Waals surface area contributed by atoms with Gasteiger partial charge in [0.15, 0.2) is 11.5 Å². The van der Waals surface area contributed by atoms with Gasteiger partial charge in [0.25, 0.3) is 5.91 Å². The summed E-state index contributed by atoms with van der Waals surface area (Å²) in [4.78, 5) is 12.2. The minimum Gasteiger partial charge on any atom is -0.490 e. The predicted octanol–water partition coefficient (Wildman–Crippen LogP) is 5.53. The van der Waals surface area contributed by atoms with Crippen LogP contribution >= 0.6 is 11.6 Å². The third kappa shape index (κ3) is 6.30. The van der Waals surface area contributed by atoms with Gasteiger partial charge in [-0.1, -0.05) is 29.8 Å². The van der Waals surface area contributed by atoms with Crippen LogP contribution in [0.1, 0.15) is 34.0 Å². The summed E-state index contributed by atoms with van der Waals surface area (Å²) in [6, 6.07) is 16.6. The van der Waals surface area contributed by atoms with Gasteiger partial charge in [0.1, 0.15) is 12.4 Å². The number of nitrogens with one attached hydrogen (secondary N) is 1. The number of rotatable bonds is 8. The lowest BCUT2D eigenvalue weighted by molar-refractivity contribution is 0.0955. The molecule has 0 aromatic heterocycles. The molecule has 0 unspecified atom stereocenters. The maximum Gasteiger partial charge on any atom is 0.271 e. The number of hydrogen-bond acceptors (Lipinski definition) is 4. The highest BCUT2D eigenvalue weighted by Gasteiger charge is 2.08. The van der Waals surface area contributed by atoms with Crippen molar-refractivity contribution in [2.75, 3.05) is 6.61 Å². The topological polar surface area (TPSA) is 59.9 Å². The summed E-state index contributed by atoms with van der Waals surface area (Å²) in [5.41, 5.74) is 5.22. The molecule has 1 N–H and O–H groups in total. The lowest BCUT2D eigenvalue weighted by Gasteiger charge is -2.12. The van der Waals surface area contributed by atoms with Crippen molar-refractivity contribution in [1.82, 2.24) is 5.43 Å². The molecule has 0 aliphatic rings. The quantitative estimate of drug-likeness (QED) is 0.370. The van der Waals surface area contributed by atoms with E-state index in [9.17, 15) is 9.18 Å². The molecule has 7 heteroatoms. The molecule has 1 amide bonds. The van der Waals surface area contributed by atoms with E-state index in [2.05, 4.69) is 10.5 Å². The van der Waals surface area contributed by atoms with Crippen LogP contribution in [0.5, 0.6) is 11.5 Å². The molecule has 0 fully saturated rings. The summed E-state index contributed by atoms with van der Waals surface area (Å²) >= 11 is 6.06. The molecule has 0 saturated heterocycles. The molecule has 0 aliphatic heterocycles. The minimum atomic E-state index is -0.363. The van der Waals surface area contributed by atoms with Crippen LogP contribution in [-0.2, 0) is 6.61 Å². The Morgan fingerprint density at radius 3 is 2.68 bits per heavy atom. The summed E-state index contributed by atoms with van der Waals surface area (Å²) in [7, 11) is 0. The van der Waals surface area contributed by atoms with Crippen LogP contribution < -0.4 is 14.9 Å². The van der Waals surface area contributed by atoms with Crippen molar-refractivity contribution >= 4 is 23.7 Å². The number of hydrazone groups is 1. The van der Waals surface area contributed by atoms with Gasteiger partial charge >= 0.3 is 0 Å². The van der Waals surface area contributed by atoms with Crippen molar-refractivity contribution in [3.05, 3.63) is 93.8 Å². The number of carbonyl (C=O) groups is 1. The average Bonchev–Trinajstić information content (AvgIpc) is 2.75. The van der Waals surface area contributed by atoms with Crippen LogP contribution in [0, 0.1) is 12.7 Å². The van der Waals surface area contributed by atoms with Crippen molar-refractivity contribution in [1.29, 1.82) is 0 Å². The van der Waals surface area contributed by atoms with Crippen molar-refractivity contribution in [3.8, 4) is 11.5 Å². The van der Waals surface area contributed by atoms with Gasteiger partial charge in [0.2, 0.25) is 0 Å². The SMILES string of the molecule is CCOc1cc(/C=N\NC(=O)c2ccc(C)c(Cl)c2)ccc1OCc1cccc(F)c1. The fourth-order valence-corrected chi connectivity index (χ4v) is 2.92. The molecule has 0 heterocycles. The maximum absolute atomic E-state index is 13.3. The molecule has 0 saturated carbocycles. The Bertz CT molecular complexity index is 1100. The second kappa shape index (κ2) is 10.6. The number of hydrogen-bond donors (Lipinski definition) is 1. The van der Waals surface area contributed by atoms with E-state index in [0.29, 0.717) is 39.8 Å². The van der Waals surface area contributed by atoms with Gasteiger partial charge in [0.05, 0.1) is 12.8 Å². The van der Waals surface area contributed by atoms with Crippen LogP contribution in [0.3, 0.4) is 0 Å². The van der Waals surface area contributed by atoms with Gasteiger partial charge in [-0.05, 0) is 73.0 Å². The van der Waals surface area contributed by atoms with Crippen LogP contribution in [0.4, 0.5) is 4.39 Å². The second-order valence-corrected chi connectivity index (χ2v) is 7.13. The Hall–Kier alpha value is -3.38. The summed E-state index contributed by atoms with van der Waals surface area (Å²) < 4.78 is 24.8. The van der Waals surface area contributed by atoms with Crippen LogP contribution in [-0.4, -0.2) is 18.7 Å². The van der Waals surface area contributed by atoms with E-state index in [-0.39, 0.29) is 18.3 Å². The Morgan fingerprint density at radius 2 is 1.94 bits per heavy atom. The summed E-state index contributed by atoms with van der Waals surface area (Å²) in [5, 5.41) is 4.52. The molecule has 0 radical (unpaired) electrons. The number of aryl methyl sites for hydroxylation is 1. The highest BCUT2D eigenvalue weighted by Crippen LogP contribution is 2.29. The number of nitrogens with zero attached hydrogens (tertiary/aromatic N) is 1. The van der Waals surface area contributed by atoms with Crippen molar-refractivity contribution < 1.29 is 18.7 Å². The van der Waals surface area contributed by atoms with Gasteiger partial charge < -0.3 is 9.47 Å². The molecular weight excluding hydrogens is 419 g/mol. The molecule has 160 valence electrons.